The molecule has 0 unspecified atom stereocenters. The number of carbonyl (C=O) groups is 2. The first-order valence-corrected chi connectivity index (χ1v) is 8.21. The third kappa shape index (κ3) is 3.37. The Balaban J connectivity index is 2.26. The highest BCUT2D eigenvalue weighted by molar-refractivity contribution is 6.35. The van der Waals surface area contributed by atoms with Crippen LogP contribution >= 0.6 is 11.6 Å². The van der Waals surface area contributed by atoms with Gasteiger partial charge in [0, 0.05) is 23.5 Å². The number of esters is 2. The zero-order chi connectivity index (χ0) is 19.6. The molecule has 0 atom stereocenters. The van der Waals surface area contributed by atoms with Crippen molar-refractivity contribution in [1.29, 1.82) is 0 Å². The number of ether oxygens (including phenoxy) is 2. The number of fused-ring (bicyclic) bond motifs is 1. The van der Waals surface area contributed by atoms with Gasteiger partial charge in [-0.1, -0.05) is 23.7 Å². The second-order valence-corrected chi connectivity index (χ2v) is 5.92. The van der Waals surface area contributed by atoms with E-state index in [2.05, 4.69) is 4.98 Å². The molecule has 1 aliphatic heterocycles. The molecule has 138 valence electrons. The van der Waals surface area contributed by atoms with E-state index in [1.807, 2.05) is 0 Å². The molecule has 1 aromatic carbocycles. The van der Waals surface area contributed by atoms with Gasteiger partial charge in [0.25, 0.3) is 5.56 Å². The van der Waals surface area contributed by atoms with Crippen molar-refractivity contribution in [2.45, 2.75) is 0 Å². The lowest BCUT2D eigenvalue weighted by Crippen LogP contribution is -2.27. The van der Waals surface area contributed by atoms with Gasteiger partial charge < -0.3 is 19.4 Å². The summed E-state index contributed by atoms with van der Waals surface area (Å²) in [4.78, 5) is 40.8. The number of nitrogens with one attached hydrogen (secondary N) is 1. The average Bonchev–Trinajstić information content (AvgIpc) is 2.92. The van der Waals surface area contributed by atoms with Crippen LogP contribution < -0.4 is 10.5 Å². The van der Waals surface area contributed by atoms with E-state index in [4.69, 9.17) is 21.1 Å². The smallest absolute Gasteiger partial charge is 0.355 e. The number of anilines is 1. The molecule has 0 saturated carbocycles. The molecule has 2 heterocycles. The van der Waals surface area contributed by atoms with E-state index >= 15 is 0 Å². The standard InChI is InChI=1S/C19H15ClN2O5/c1-26-18(24)13-5-3-4-8-22(16(13)19(25)27-2)11-6-7-12-14(9-11)17(23)21-10-15(12)20/h3-10H,1-2H3,(H,21,23). The van der Waals surface area contributed by atoms with Crippen LogP contribution in [0.15, 0.2) is 64.9 Å². The molecule has 27 heavy (non-hydrogen) atoms. The Morgan fingerprint density at radius 1 is 1.07 bits per heavy atom. The lowest BCUT2D eigenvalue weighted by Gasteiger charge is -2.23. The summed E-state index contributed by atoms with van der Waals surface area (Å²) in [5.74, 6) is -1.42. The van der Waals surface area contributed by atoms with Gasteiger partial charge in [0.05, 0.1) is 30.2 Å². The van der Waals surface area contributed by atoms with E-state index in [0.29, 0.717) is 21.5 Å². The van der Waals surface area contributed by atoms with Crippen LogP contribution in [0.25, 0.3) is 10.8 Å². The van der Waals surface area contributed by atoms with Crippen molar-refractivity contribution in [2.75, 3.05) is 19.1 Å². The number of aromatic amines is 1. The number of hydrogen-bond donors (Lipinski definition) is 1. The zero-order valence-corrected chi connectivity index (χ0v) is 15.2. The van der Waals surface area contributed by atoms with Gasteiger partial charge in [-0.3, -0.25) is 4.79 Å². The van der Waals surface area contributed by atoms with Gasteiger partial charge >= 0.3 is 11.9 Å². The largest absolute Gasteiger partial charge is 0.465 e. The maximum atomic E-state index is 12.4. The molecule has 1 aliphatic rings. The van der Waals surface area contributed by atoms with Crippen molar-refractivity contribution in [3.63, 3.8) is 0 Å². The van der Waals surface area contributed by atoms with Crippen LogP contribution in [0.2, 0.25) is 5.02 Å². The molecule has 0 amide bonds. The fourth-order valence-electron chi connectivity index (χ4n) is 2.73. The van der Waals surface area contributed by atoms with E-state index < -0.39 is 11.9 Å². The second-order valence-electron chi connectivity index (χ2n) is 5.51. The number of rotatable bonds is 3. The lowest BCUT2D eigenvalue weighted by atomic mass is 10.1. The van der Waals surface area contributed by atoms with Crippen LogP contribution in [0, 0.1) is 0 Å². The van der Waals surface area contributed by atoms with E-state index in [1.165, 1.54) is 31.4 Å². The Morgan fingerprint density at radius 2 is 1.81 bits per heavy atom. The minimum atomic E-state index is -0.730. The molecule has 3 rings (SSSR count). The molecule has 0 fully saturated rings. The highest BCUT2D eigenvalue weighted by Crippen LogP contribution is 2.30. The summed E-state index contributed by atoms with van der Waals surface area (Å²) in [6, 6.07) is 4.93. The number of nitrogens with zero attached hydrogens (tertiary/aromatic N) is 1. The minimum Gasteiger partial charge on any atom is -0.465 e. The molecular weight excluding hydrogens is 372 g/mol. The Hall–Kier alpha value is -3.32. The lowest BCUT2D eigenvalue weighted by molar-refractivity contribution is -0.139. The summed E-state index contributed by atoms with van der Waals surface area (Å²) in [6.45, 7) is 0. The average molecular weight is 387 g/mol. The molecule has 1 N–H and O–H groups in total. The van der Waals surface area contributed by atoms with E-state index in [1.54, 1.807) is 36.6 Å². The summed E-state index contributed by atoms with van der Waals surface area (Å²) in [5, 5.41) is 1.30. The number of methoxy groups -OCH3 is 2. The van der Waals surface area contributed by atoms with Gasteiger partial charge in [0.1, 0.15) is 5.70 Å². The highest BCUT2D eigenvalue weighted by atomic mass is 35.5. The highest BCUT2D eigenvalue weighted by Gasteiger charge is 2.27. The molecule has 0 radical (unpaired) electrons. The predicted molar refractivity (Wildman–Crippen MR) is 101 cm³/mol. The van der Waals surface area contributed by atoms with Crippen molar-refractivity contribution in [3.8, 4) is 0 Å². The van der Waals surface area contributed by atoms with Crippen molar-refractivity contribution in [2.24, 2.45) is 0 Å². The Bertz CT molecular complexity index is 1080. The van der Waals surface area contributed by atoms with Gasteiger partial charge in [-0.05, 0) is 24.3 Å². The number of carbonyl (C=O) groups excluding carboxylic acids is 2. The Morgan fingerprint density at radius 3 is 2.52 bits per heavy atom. The van der Waals surface area contributed by atoms with Gasteiger partial charge in [-0.15, -0.1) is 0 Å². The zero-order valence-electron chi connectivity index (χ0n) is 14.5. The molecule has 0 bridgehead atoms. The van der Waals surface area contributed by atoms with Crippen molar-refractivity contribution in [1.82, 2.24) is 4.98 Å². The quantitative estimate of drug-likeness (QED) is 0.816. The number of hydrogen-bond acceptors (Lipinski definition) is 6. The summed E-state index contributed by atoms with van der Waals surface area (Å²) in [6.07, 6.45) is 7.69. The number of H-pyrrole nitrogens is 1. The first-order valence-electron chi connectivity index (χ1n) is 7.84. The molecule has 2 aromatic rings. The topological polar surface area (TPSA) is 88.7 Å². The number of halogens is 1. The van der Waals surface area contributed by atoms with E-state index in [-0.39, 0.29) is 16.8 Å². The van der Waals surface area contributed by atoms with Crippen molar-refractivity contribution >= 4 is 40.0 Å². The Kier molecular flexibility index (Phi) is 5.14. The summed E-state index contributed by atoms with van der Waals surface area (Å²) in [5.41, 5.74) is 0.128. The van der Waals surface area contributed by atoms with E-state index in [0.717, 1.165) is 0 Å². The molecule has 8 heteroatoms. The first-order chi connectivity index (χ1) is 13.0. The maximum absolute atomic E-state index is 12.4. The van der Waals surface area contributed by atoms with Gasteiger partial charge in [-0.2, -0.15) is 0 Å². The Labute approximate surface area is 159 Å². The molecule has 1 aromatic heterocycles. The van der Waals surface area contributed by atoms with E-state index in [9.17, 15) is 14.4 Å². The third-order valence-electron chi connectivity index (χ3n) is 4.00. The van der Waals surface area contributed by atoms with Gasteiger partial charge in [0.2, 0.25) is 0 Å². The third-order valence-corrected chi connectivity index (χ3v) is 4.32. The minimum absolute atomic E-state index is 0.0226. The van der Waals surface area contributed by atoms with Crippen molar-refractivity contribution in [3.05, 3.63) is 75.5 Å². The van der Waals surface area contributed by atoms with Gasteiger partial charge in [-0.25, -0.2) is 9.59 Å². The van der Waals surface area contributed by atoms with Crippen LogP contribution in [0.1, 0.15) is 0 Å². The molecule has 7 nitrogen and oxygen atoms in total. The molecular formula is C19H15ClN2O5. The number of allylic oxidation sites excluding steroid dienone is 2. The summed E-state index contributed by atoms with van der Waals surface area (Å²) >= 11 is 6.13. The summed E-state index contributed by atoms with van der Waals surface area (Å²) in [7, 11) is 2.43. The fraction of sp³-hybridized carbons (Fsp3) is 0.105. The number of aromatic nitrogens is 1. The van der Waals surface area contributed by atoms with Crippen LogP contribution in [0.5, 0.6) is 0 Å². The summed E-state index contributed by atoms with van der Waals surface area (Å²) < 4.78 is 9.63. The SMILES string of the molecule is COC(=O)C1=C(C(=O)OC)N(c2ccc3c(Cl)c[nH]c(=O)c3c2)C=CC=C1. The second kappa shape index (κ2) is 7.51. The van der Waals surface area contributed by atoms with Crippen LogP contribution in [0.4, 0.5) is 5.69 Å². The van der Waals surface area contributed by atoms with Gasteiger partial charge in [0.15, 0.2) is 0 Å². The number of benzene rings is 1. The van der Waals surface area contributed by atoms with Crippen LogP contribution in [0.3, 0.4) is 0 Å². The van der Waals surface area contributed by atoms with Crippen molar-refractivity contribution < 1.29 is 19.1 Å². The van der Waals surface area contributed by atoms with Crippen LogP contribution in [-0.2, 0) is 19.1 Å². The monoisotopic (exact) mass is 386 g/mol. The fourth-order valence-corrected chi connectivity index (χ4v) is 2.95. The predicted octanol–water partition coefficient (Wildman–Crippen LogP) is 2.67. The molecule has 0 saturated heterocycles. The maximum Gasteiger partial charge on any atom is 0.355 e. The molecule has 0 spiro atoms. The normalized spacial score (nSPS) is 13.7. The first kappa shape index (κ1) is 18.5. The molecule has 0 aliphatic carbocycles. The number of pyridine rings is 1. The van der Waals surface area contributed by atoms with Crippen LogP contribution in [-0.4, -0.2) is 31.1 Å².